The third kappa shape index (κ3) is 3.81. The summed E-state index contributed by atoms with van der Waals surface area (Å²) in [6.45, 7) is 0. The van der Waals surface area contributed by atoms with Crippen LogP contribution in [-0.2, 0) is 7.05 Å². The number of benzene rings is 1. The molecule has 2 aromatic heterocycles. The van der Waals surface area contributed by atoms with Gasteiger partial charge in [0, 0.05) is 37.0 Å². The van der Waals surface area contributed by atoms with Crippen molar-refractivity contribution in [2.45, 2.75) is 0 Å². The average Bonchev–Trinajstić information content (AvgIpc) is 3.00. The van der Waals surface area contributed by atoms with E-state index in [1.165, 1.54) is 12.3 Å². The number of carbonyl (C=O) groups is 2. The highest BCUT2D eigenvalue weighted by molar-refractivity contribution is 6.05. The van der Waals surface area contributed by atoms with E-state index >= 15 is 0 Å². The molecule has 8 heteroatoms. The fraction of sp³-hybridized carbons (Fsp3) is 0.0588. The minimum Gasteiger partial charge on any atom is -0.366 e. The molecule has 0 atom stereocenters. The first-order chi connectivity index (χ1) is 12.0. The number of nitrogens with zero attached hydrogens (tertiary/aromatic N) is 3. The standard InChI is InChI=1S/C17H16N6O2/c1-23-10-11(15(18)24)9-14(23)16(25)21-12-3-5-13(6-4-12)22-17-19-7-2-8-20-17/h2-10H,1H3,(H2,18,24)(H,21,25)(H,19,20,22). The third-order valence-corrected chi connectivity index (χ3v) is 3.49. The summed E-state index contributed by atoms with van der Waals surface area (Å²) < 4.78 is 1.55. The van der Waals surface area contributed by atoms with Gasteiger partial charge in [0.05, 0.1) is 5.56 Å². The number of aromatic nitrogens is 3. The van der Waals surface area contributed by atoms with Crippen molar-refractivity contribution < 1.29 is 9.59 Å². The normalized spacial score (nSPS) is 10.3. The van der Waals surface area contributed by atoms with Crippen molar-refractivity contribution >= 4 is 29.1 Å². The van der Waals surface area contributed by atoms with Crippen LogP contribution in [0.5, 0.6) is 0 Å². The van der Waals surface area contributed by atoms with E-state index in [9.17, 15) is 9.59 Å². The highest BCUT2D eigenvalue weighted by Gasteiger charge is 2.14. The Morgan fingerprint density at radius 3 is 2.32 bits per heavy atom. The Morgan fingerprint density at radius 1 is 1.08 bits per heavy atom. The summed E-state index contributed by atoms with van der Waals surface area (Å²) in [5.74, 6) is -0.419. The van der Waals surface area contributed by atoms with Gasteiger partial charge in [-0.1, -0.05) is 0 Å². The summed E-state index contributed by atoms with van der Waals surface area (Å²) in [4.78, 5) is 31.7. The molecule has 25 heavy (non-hydrogen) atoms. The Hall–Kier alpha value is -3.68. The second kappa shape index (κ2) is 6.83. The van der Waals surface area contributed by atoms with Crippen molar-refractivity contribution in [2.75, 3.05) is 10.6 Å². The Labute approximate surface area is 143 Å². The topological polar surface area (TPSA) is 115 Å². The smallest absolute Gasteiger partial charge is 0.272 e. The SMILES string of the molecule is Cn1cc(C(N)=O)cc1C(=O)Nc1ccc(Nc2ncccn2)cc1. The molecule has 4 N–H and O–H groups in total. The molecule has 0 unspecified atom stereocenters. The summed E-state index contributed by atoms with van der Waals surface area (Å²) >= 11 is 0. The van der Waals surface area contributed by atoms with Gasteiger partial charge in [-0.05, 0) is 36.4 Å². The predicted molar refractivity (Wildman–Crippen MR) is 93.6 cm³/mol. The fourth-order valence-electron chi connectivity index (χ4n) is 2.25. The molecule has 0 bridgehead atoms. The molecule has 3 rings (SSSR count). The van der Waals surface area contributed by atoms with Crippen molar-refractivity contribution in [3.63, 3.8) is 0 Å². The van der Waals surface area contributed by atoms with E-state index in [0.717, 1.165) is 5.69 Å². The lowest BCUT2D eigenvalue weighted by atomic mass is 10.2. The van der Waals surface area contributed by atoms with E-state index < -0.39 is 5.91 Å². The molecule has 0 saturated heterocycles. The van der Waals surface area contributed by atoms with Gasteiger partial charge in [-0.15, -0.1) is 0 Å². The van der Waals surface area contributed by atoms with Gasteiger partial charge >= 0.3 is 0 Å². The number of nitrogens with one attached hydrogen (secondary N) is 2. The number of primary amides is 1. The maximum Gasteiger partial charge on any atom is 0.272 e. The van der Waals surface area contributed by atoms with E-state index in [4.69, 9.17) is 5.73 Å². The summed E-state index contributed by atoms with van der Waals surface area (Å²) in [6, 6.07) is 10.3. The van der Waals surface area contributed by atoms with Gasteiger partial charge in [0.2, 0.25) is 11.9 Å². The lowest BCUT2D eigenvalue weighted by Crippen LogP contribution is -2.15. The Bertz CT molecular complexity index is 903. The molecule has 0 aliphatic carbocycles. The molecule has 126 valence electrons. The second-order valence-corrected chi connectivity index (χ2v) is 5.32. The highest BCUT2D eigenvalue weighted by Crippen LogP contribution is 2.17. The molecular formula is C17H16N6O2. The molecule has 1 aromatic carbocycles. The number of amides is 2. The largest absolute Gasteiger partial charge is 0.366 e. The van der Waals surface area contributed by atoms with Gasteiger partial charge in [-0.2, -0.15) is 0 Å². The van der Waals surface area contributed by atoms with Crippen molar-refractivity contribution in [2.24, 2.45) is 12.8 Å². The monoisotopic (exact) mass is 336 g/mol. The van der Waals surface area contributed by atoms with E-state index in [-0.39, 0.29) is 11.5 Å². The molecule has 0 aliphatic rings. The van der Waals surface area contributed by atoms with Gasteiger partial charge in [0.15, 0.2) is 0 Å². The minimum absolute atomic E-state index is 0.287. The van der Waals surface area contributed by atoms with Crippen LogP contribution in [-0.4, -0.2) is 26.3 Å². The molecule has 8 nitrogen and oxygen atoms in total. The average molecular weight is 336 g/mol. The van der Waals surface area contributed by atoms with Crippen LogP contribution in [0, 0.1) is 0 Å². The van der Waals surface area contributed by atoms with Crippen LogP contribution < -0.4 is 16.4 Å². The molecule has 3 aromatic rings. The molecule has 2 heterocycles. The van der Waals surface area contributed by atoms with E-state index in [0.29, 0.717) is 17.3 Å². The molecule has 0 radical (unpaired) electrons. The van der Waals surface area contributed by atoms with E-state index in [1.54, 1.807) is 54.3 Å². The zero-order valence-electron chi connectivity index (χ0n) is 13.4. The number of hydrogen-bond donors (Lipinski definition) is 3. The lowest BCUT2D eigenvalue weighted by Gasteiger charge is -2.08. The molecule has 0 aliphatic heterocycles. The molecular weight excluding hydrogens is 320 g/mol. The number of carbonyl (C=O) groups excluding carboxylic acids is 2. The number of aryl methyl sites for hydroxylation is 1. The van der Waals surface area contributed by atoms with Crippen LogP contribution in [0.4, 0.5) is 17.3 Å². The van der Waals surface area contributed by atoms with E-state index in [2.05, 4.69) is 20.6 Å². The first kappa shape index (κ1) is 16.2. The van der Waals surface area contributed by atoms with Crippen molar-refractivity contribution in [1.82, 2.24) is 14.5 Å². The van der Waals surface area contributed by atoms with Gasteiger partial charge in [-0.25, -0.2) is 9.97 Å². The Morgan fingerprint density at radius 2 is 1.72 bits per heavy atom. The van der Waals surface area contributed by atoms with Crippen LogP contribution in [0.15, 0.2) is 55.0 Å². The quantitative estimate of drug-likeness (QED) is 0.658. The van der Waals surface area contributed by atoms with Gasteiger partial charge in [0.1, 0.15) is 5.69 Å². The Kier molecular flexibility index (Phi) is 4.42. The predicted octanol–water partition coefficient (Wildman–Crippen LogP) is 1.91. The first-order valence-corrected chi connectivity index (χ1v) is 7.44. The van der Waals surface area contributed by atoms with Crippen LogP contribution in [0.2, 0.25) is 0 Å². The maximum absolute atomic E-state index is 12.3. The zero-order chi connectivity index (χ0) is 17.8. The number of anilines is 3. The van der Waals surface area contributed by atoms with Crippen molar-refractivity contribution in [3.05, 3.63) is 66.2 Å². The number of nitrogens with two attached hydrogens (primary N) is 1. The van der Waals surface area contributed by atoms with Gasteiger partial charge < -0.3 is 20.9 Å². The van der Waals surface area contributed by atoms with Crippen LogP contribution in [0.3, 0.4) is 0 Å². The lowest BCUT2D eigenvalue weighted by molar-refractivity contribution is 0.0998. The van der Waals surface area contributed by atoms with Crippen LogP contribution >= 0.6 is 0 Å². The maximum atomic E-state index is 12.3. The number of hydrogen-bond acceptors (Lipinski definition) is 5. The second-order valence-electron chi connectivity index (χ2n) is 5.32. The number of rotatable bonds is 5. The molecule has 0 spiro atoms. The van der Waals surface area contributed by atoms with Crippen molar-refractivity contribution in [3.8, 4) is 0 Å². The first-order valence-electron chi connectivity index (χ1n) is 7.44. The summed E-state index contributed by atoms with van der Waals surface area (Å²) in [5, 5.41) is 5.82. The minimum atomic E-state index is -0.576. The molecule has 0 saturated carbocycles. The zero-order valence-corrected chi connectivity index (χ0v) is 13.4. The van der Waals surface area contributed by atoms with Crippen molar-refractivity contribution in [1.29, 1.82) is 0 Å². The molecule has 0 fully saturated rings. The van der Waals surface area contributed by atoms with Gasteiger partial charge in [0.25, 0.3) is 5.91 Å². The molecule has 2 amide bonds. The van der Waals surface area contributed by atoms with Crippen LogP contribution in [0.1, 0.15) is 20.8 Å². The highest BCUT2D eigenvalue weighted by atomic mass is 16.2. The summed E-state index contributed by atoms with van der Waals surface area (Å²) in [6.07, 6.45) is 4.80. The third-order valence-electron chi connectivity index (χ3n) is 3.49. The Balaban J connectivity index is 1.69. The summed E-state index contributed by atoms with van der Waals surface area (Å²) in [7, 11) is 1.67. The van der Waals surface area contributed by atoms with E-state index in [1.807, 2.05) is 0 Å². The van der Waals surface area contributed by atoms with Crippen LogP contribution in [0.25, 0.3) is 0 Å². The summed E-state index contributed by atoms with van der Waals surface area (Å²) in [5.41, 5.74) is 7.26. The van der Waals surface area contributed by atoms with Gasteiger partial charge in [-0.3, -0.25) is 9.59 Å². The fourth-order valence-corrected chi connectivity index (χ4v) is 2.25.